The molecule has 8 heteroatoms. The Balaban J connectivity index is 0.00000243. The maximum absolute atomic E-state index is 11.6. The van der Waals surface area contributed by atoms with Crippen molar-refractivity contribution in [3.05, 3.63) is 24.2 Å². The largest absolute Gasteiger partial charge is 0.468 e. The molecule has 2 aliphatic rings. The van der Waals surface area contributed by atoms with Gasteiger partial charge in [0.1, 0.15) is 5.76 Å². The SMILES string of the molecule is CN=C(NCCNC(=O)C1CC1)NCC(c1ccco1)N1CCCC1.I. The number of aliphatic imine (C=N–C) groups is 1. The van der Waals surface area contributed by atoms with Crippen molar-refractivity contribution in [2.24, 2.45) is 10.9 Å². The van der Waals surface area contributed by atoms with Gasteiger partial charge in [-0.15, -0.1) is 24.0 Å². The van der Waals surface area contributed by atoms with Crippen LogP contribution in [0.15, 0.2) is 27.8 Å². The van der Waals surface area contributed by atoms with Crippen molar-refractivity contribution in [1.82, 2.24) is 20.9 Å². The van der Waals surface area contributed by atoms with E-state index in [9.17, 15) is 4.79 Å². The predicted molar refractivity (Wildman–Crippen MR) is 113 cm³/mol. The molecular weight excluding hydrogens is 445 g/mol. The first-order valence-electron chi connectivity index (χ1n) is 9.27. The van der Waals surface area contributed by atoms with Gasteiger partial charge in [-0.05, 0) is 50.9 Å². The van der Waals surface area contributed by atoms with Crippen molar-refractivity contribution in [2.75, 3.05) is 39.8 Å². The maximum Gasteiger partial charge on any atom is 0.223 e. The van der Waals surface area contributed by atoms with Crippen LogP contribution >= 0.6 is 24.0 Å². The first-order valence-corrected chi connectivity index (χ1v) is 9.27. The van der Waals surface area contributed by atoms with Crippen LogP contribution in [0.3, 0.4) is 0 Å². The van der Waals surface area contributed by atoms with Crippen molar-refractivity contribution in [1.29, 1.82) is 0 Å². The van der Waals surface area contributed by atoms with E-state index in [1.807, 2.05) is 12.1 Å². The summed E-state index contributed by atoms with van der Waals surface area (Å²) in [6.45, 7) is 4.22. The van der Waals surface area contributed by atoms with E-state index in [-0.39, 0.29) is 41.8 Å². The molecule has 2 fully saturated rings. The number of nitrogens with one attached hydrogen (secondary N) is 3. The third-order valence-electron chi connectivity index (χ3n) is 4.80. The molecular formula is C18H30IN5O2. The normalized spacial score (nSPS) is 18.9. The van der Waals surface area contributed by atoms with Crippen LogP contribution in [0.1, 0.15) is 37.5 Å². The predicted octanol–water partition coefficient (Wildman–Crippen LogP) is 1.73. The Kier molecular flexibility index (Phi) is 8.70. The lowest BCUT2D eigenvalue weighted by Gasteiger charge is -2.26. The number of furan rings is 1. The molecule has 26 heavy (non-hydrogen) atoms. The fraction of sp³-hybridized carbons (Fsp3) is 0.667. The Morgan fingerprint density at radius 3 is 2.62 bits per heavy atom. The van der Waals surface area contributed by atoms with Crippen LogP contribution in [0.2, 0.25) is 0 Å². The Morgan fingerprint density at radius 2 is 2.00 bits per heavy atom. The zero-order valence-electron chi connectivity index (χ0n) is 15.4. The molecule has 1 saturated heterocycles. The Hall–Kier alpha value is -1.29. The molecule has 1 amide bonds. The minimum Gasteiger partial charge on any atom is -0.468 e. The summed E-state index contributed by atoms with van der Waals surface area (Å²) in [5.74, 6) is 2.17. The van der Waals surface area contributed by atoms with E-state index in [4.69, 9.17) is 4.42 Å². The number of hydrogen-bond acceptors (Lipinski definition) is 4. The topological polar surface area (TPSA) is 81.9 Å². The second-order valence-corrected chi connectivity index (χ2v) is 6.72. The smallest absolute Gasteiger partial charge is 0.223 e. The summed E-state index contributed by atoms with van der Waals surface area (Å²) in [5.41, 5.74) is 0. The summed E-state index contributed by atoms with van der Waals surface area (Å²) in [6.07, 6.45) is 6.28. The Morgan fingerprint density at radius 1 is 1.27 bits per heavy atom. The van der Waals surface area contributed by atoms with E-state index in [0.717, 1.165) is 44.2 Å². The number of nitrogens with zero attached hydrogens (tertiary/aromatic N) is 2. The molecule has 1 aliphatic heterocycles. The van der Waals surface area contributed by atoms with Crippen LogP contribution in [0, 0.1) is 5.92 Å². The lowest BCUT2D eigenvalue weighted by Crippen LogP contribution is -2.44. The second-order valence-electron chi connectivity index (χ2n) is 6.72. The fourth-order valence-corrected chi connectivity index (χ4v) is 3.21. The zero-order chi connectivity index (χ0) is 17.5. The van der Waals surface area contributed by atoms with Gasteiger partial charge in [-0.2, -0.15) is 0 Å². The van der Waals surface area contributed by atoms with E-state index in [1.165, 1.54) is 12.8 Å². The van der Waals surface area contributed by atoms with Gasteiger partial charge in [0.25, 0.3) is 0 Å². The molecule has 146 valence electrons. The van der Waals surface area contributed by atoms with Crippen LogP contribution in [0.25, 0.3) is 0 Å². The van der Waals surface area contributed by atoms with Crippen LogP contribution in [0.5, 0.6) is 0 Å². The molecule has 3 rings (SSSR count). The van der Waals surface area contributed by atoms with Crippen LogP contribution in [-0.4, -0.2) is 56.5 Å². The van der Waals surface area contributed by atoms with Crippen molar-refractivity contribution in [2.45, 2.75) is 31.7 Å². The summed E-state index contributed by atoms with van der Waals surface area (Å²) in [5, 5.41) is 9.58. The molecule has 1 saturated carbocycles. The number of likely N-dealkylation sites (tertiary alicyclic amines) is 1. The molecule has 2 heterocycles. The number of hydrogen-bond donors (Lipinski definition) is 3. The number of carbonyl (C=O) groups is 1. The highest BCUT2D eigenvalue weighted by Crippen LogP contribution is 2.28. The molecule has 3 N–H and O–H groups in total. The number of rotatable bonds is 8. The molecule has 0 spiro atoms. The van der Waals surface area contributed by atoms with Crippen molar-refractivity contribution >= 4 is 35.8 Å². The average Bonchev–Trinajstić information content (AvgIpc) is 3.10. The van der Waals surface area contributed by atoms with Crippen LogP contribution in [0.4, 0.5) is 0 Å². The molecule has 0 bridgehead atoms. The van der Waals surface area contributed by atoms with Gasteiger partial charge >= 0.3 is 0 Å². The monoisotopic (exact) mass is 475 g/mol. The molecule has 7 nitrogen and oxygen atoms in total. The van der Waals surface area contributed by atoms with Gasteiger partial charge in [0.2, 0.25) is 5.91 Å². The minimum atomic E-state index is 0. The molecule has 1 unspecified atom stereocenters. The van der Waals surface area contributed by atoms with E-state index < -0.39 is 0 Å². The minimum absolute atomic E-state index is 0. The van der Waals surface area contributed by atoms with Crippen molar-refractivity contribution in [3.8, 4) is 0 Å². The van der Waals surface area contributed by atoms with Crippen LogP contribution in [-0.2, 0) is 4.79 Å². The quantitative estimate of drug-likeness (QED) is 0.231. The highest BCUT2D eigenvalue weighted by molar-refractivity contribution is 14.0. The summed E-state index contributed by atoms with van der Waals surface area (Å²) >= 11 is 0. The molecule has 0 aromatic carbocycles. The van der Waals surface area contributed by atoms with Gasteiger partial charge in [-0.25, -0.2) is 0 Å². The summed E-state index contributed by atoms with van der Waals surface area (Å²) in [7, 11) is 1.76. The number of halogens is 1. The molecule has 1 aromatic heterocycles. The highest BCUT2D eigenvalue weighted by Gasteiger charge is 2.29. The summed E-state index contributed by atoms with van der Waals surface area (Å²) in [4.78, 5) is 18.3. The van der Waals surface area contributed by atoms with Gasteiger partial charge in [-0.1, -0.05) is 0 Å². The molecule has 1 atom stereocenters. The lowest BCUT2D eigenvalue weighted by molar-refractivity contribution is -0.122. The van der Waals surface area contributed by atoms with Gasteiger partial charge in [0.15, 0.2) is 5.96 Å². The van der Waals surface area contributed by atoms with E-state index in [0.29, 0.717) is 13.1 Å². The number of guanidine groups is 1. The third kappa shape index (κ3) is 6.15. The Bertz CT molecular complexity index is 568. The molecule has 1 aromatic rings. The van der Waals surface area contributed by atoms with E-state index in [2.05, 4.69) is 25.8 Å². The Labute approximate surface area is 172 Å². The van der Waals surface area contributed by atoms with Gasteiger partial charge < -0.3 is 20.4 Å². The van der Waals surface area contributed by atoms with Crippen molar-refractivity contribution in [3.63, 3.8) is 0 Å². The third-order valence-corrected chi connectivity index (χ3v) is 4.80. The van der Waals surface area contributed by atoms with Crippen molar-refractivity contribution < 1.29 is 9.21 Å². The fourth-order valence-electron chi connectivity index (χ4n) is 3.21. The van der Waals surface area contributed by atoms with Gasteiger partial charge in [0.05, 0.1) is 12.3 Å². The standard InChI is InChI=1S/C18H29N5O2.HI/c1-19-18(21-9-8-20-17(24)14-6-7-14)22-13-15(16-5-4-12-25-16)23-10-2-3-11-23;/h4-5,12,14-15H,2-3,6-11,13H2,1H3,(H,20,24)(H2,19,21,22);1H. The molecule has 1 aliphatic carbocycles. The van der Waals surface area contributed by atoms with Gasteiger partial charge in [-0.3, -0.25) is 14.7 Å². The highest BCUT2D eigenvalue weighted by atomic mass is 127. The summed E-state index contributed by atoms with van der Waals surface area (Å²) < 4.78 is 5.64. The summed E-state index contributed by atoms with van der Waals surface area (Å²) in [6, 6.07) is 4.19. The van der Waals surface area contributed by atoms with Crippen LogP contribution < -0.4 is 16.0 Å². The second kappa shape index (κ2) is 10.8. The lowest BCUT2D eigenvalue weighted by atomic mass is 10.2. The van der Waals surface area contributed by atoms with E-state index >= 15 is 0 Å². The first-order chi connectivity index (χ1) is 12.3. The number of carbonyl (C=O) groups excluding carboxylic acids is 1. The zero-order valence-corrected chi connectivity index (χ0v) is 17.7. The first kappa shape index (κ1) is 21.0. The van der Waals surface area contributed by atoms with Gasteiger partial charge in [0, 0.05) is 32.6 Å². The van der Waals surface area contributed by atoms with E-state index in [1.54, 1.807) is 13.3 Å². The average molecular weight is 475 g/mol. The number of amides is 1. The maximum atomic E-state index is 11.6. The molecule has 0 radical (unpaired) electrons.